The van der Waals surface area contributed by atoms with Crippen molar-refractivity contribution in [3.63, 3.8) is 0 Å². The van der Waals surface area contributed by atoms with E-state index in [4.69, 9.17) is 4.74 Å². The number of aromatic nitrogens is 1. The second kappa shape index (κ2) is 7.37. The van der Waals surface area contributed by atoms with E-state index >= 15 is 0 Å². The standard InChI is InChI=1S/C15H24N2O/c1-2-3-4-5-10-18-15-11-13(8-9-16-15)12-17-14-6-7-14/h8-9,11,14,17H,2-7,10,12H2,1H3. The van der Waals surface area contributed by atoms with Crippen LogP contribution >= 0.6 is 0 Å². The molecule has 0 atom stereocenters. The maximum atomic E-state index is 5.68. The van der Waals surface area contributed by atoms with Crippen LogP contribution in [0.25, 0.3) is 0 Å². The highest BCUT2D eigenvalue weighted by molar-refractivity contribution is 5.20. The van der Waals surface area contributed by atoms with Crippen LogP contribution in [0, 0.1) is 0 Å². The molecule has 0 aliphatic heterocycles. The van der Waals surface area contributed by atoms with Crippen molar-refractivity contribution in [2.45, 2.75) is 58.0 Å². The molecule has 0 bridgehead atoms. The van der Waals surface area contributed by atoms with Crippen LogP contribution < -0.4 is 10.1 Å². The summed E-state index contributed by atoms with van der Waals surface area (Å²) in [6, 6.07) is 4.85. The summed E-state index contributed by atoms with van der Waals surface area (Å²) in [5.74, 6) is 0.765. The SMILES string of the molecule is CCCCCCOc1cc(CNC2CC2)ccn1. The number of hydrogen-bond donors (Lipinski definition) is 1. The molecule has 1 aliphatic carbocycles. The summed E-state index contributed by atoms with van der Waals surface area (Å²) in [6.45, 7) is 3.94. The van der Waals surface area contributed by atoms with Crippen LogP contribution in [0.1, 0.15) is 51.0 Å². The van der Waals surface area contributed by atoms with Gasteiger partial charge in [-0.3, -0.25) is 0 Å². The van der Waals surface area contributed by atoms with E-state index in [9.17, 15) is 0 Å². The van der Waals surface area contributed by atoms with Crippen molar-refractivity contribution in [2.75, 3.05) is 6.61 Å². The van der Waals surface area contributed by atoms with Gasteiger partial charge in [0.25, 0.3) is 0 Å². The van der Waals surface area contributed by atoms with E-state index in [0.29, 0.717) is 0 Å². The van der Waals surface area contributed by atoms with Crippen LogP contribution in [0.5, 0.6) is 5.88 Å². The summed E-state index contributed by atoms with van der Waals surface area (Å²) in [7, 11) is 0. The van der Waals surface area contributed by atoms with Crippen LogP contribution in [0.4, 0.5) is 0 Å². The topological polar surface area (TPSA) is 34.1 Å². The number of nitrogens with zero attached hydrogens (tertiary/aromatic N) is 1. The monoisotopic (exact) mass is 248 g/mol. The van der Waals surface area contributed by atoms with Crippen molar-refractivity contribution >= 4 is 0 Å². The van der Waals surface area contributed by atoms with Crippen molar-refractivity contribution < 1.29 is 4.74 Å². The van der Waals surface area contributed by atoms with Gasteiger partial charge < -0.3 is 10.1 Å². The number of pyridine rings is 1. The maximum Gasteiger partial charge on any atom is 0.213 e. The Morgan fingerprint density at radius 1 is 1.33 bits per heavy atom. The van der Waals surface area contributed by atoms with E-state index in [1.165, 1.54) is 37.7 Å². The molecule has 0 unspecified atom stereocenters. The second-order valence-electron chi connectivity index (χ2n) is 5.07. The highest BCUT2D eigenvalue weighted by Gasteiger charge is 2.19. The minimum absolute atomic E-state index is 0.747. The summed E-state index contributed by atoms with van der Waals surface area (Å²) in [5.41, 5.74) is 1.26. The lowest BCUT2D eigenvalue weighted by Crippen LogP contribution is -2.15. The fourth-order valence-electron chi connectivity index (χ4n) is 1.89. The lowest BCUT2D eigenvalue weighted by Gasteiger charge is -2.07. The molecule has 1 saturated carbocycles. The largest absolute Gasteiger partial charge is 0.478 e. The summed E-state index contributed by atoms with van der Waals surface area (Å²) >= 11 is 0. The highest BCUT2D eigenvalue weighted by atomic mass is 16.5. The first-order chi connectivity index (χ1) is 8.88. The third kappa shape index (κ3) is 5.05. The second-order valence-corrected chi connectivity index (χ2v) is 5.07. The summed E-state index contributed by atoms with van der Waals surface area (Å²) < 4.78 is 5.68. The summed E-state index contributed by atoms with van der Waals surface area (Å²) in [6.07, 6.45) is 9.42. The number of unbranched alkanes of at least 4 members (excludes halogenated alkanes) is 3. The number of nitrogens with one attached hydrogen (secondary N) is 1. The van der Waals surface area contributed by atoms with E-state index < -0.39 is 0 Å². The predicted octanol–water partition coefficient (Wildman–Crippen LogP) is 3.29. The van der Waals surface area contributed by atoms with E-state index in [1.54, 1.807) is 0 Å². The van der Waals surface area contributed by atoms with Crippen molar-refractivity contribution in [1.82, 2.24) is 10.3 Å². The third-order valence-corrected chi connectivity index (χ3v) is 3.22. The molecule has 1 heterocycles. The Balaban J connectivity index is 1.68. The zero-order valence-electron chi connectivity index (χ0n) is 11.3. The van der Waals surface area contributed by atoms with Gasteiger partial charge in [-0.15, -0.1) is 0 Å². The van der Waals surface area contributed by atoms with Crippen LogP contribution in [0.3, 0.4) is 0 Å². The molecule has 3 nitrogen and oxygen atoms in total. The first-order valence-corrected chi connectivity index (χ1v) is 7.19. The number of ether oxygens (including phenoxy) is 1. The predicted molar refractivity (Wildman–Crippen MR) is 73.7 cm³/mol. The van der Waals surface area contributed by atoms with Gasteiger partial charge in [-0.05, 0) is 30.9 Å². The molecular weight excluding hydrogens is 224 g/mol. The molecule has 1 N–H and O–H groups in total. The molecule has 1 aliphatic rings. The molecule has 0 saturated heterocycles. The minimum atomic E-state index is 0.747. The van der Waals surface area contributed by atoms with Gasteiger partial charge in [-0.1, -0.05) is 26.2 Å². The molecule has 1 fully saturated rings. The van der Waals surface area contributed by atoms with Crippen molar-refractivity contribution in [3.05, 3.63) is 23.9 Å². The average Bonchev–Trinajstić information content (AvgIpc) is 3.21. The van der Waals surface area contributed by atoms with Gasteiger partial charge in [-0.25, -0.2) is 4.98 Å². The zero-order valence-corrected chi connectivity index (χ0v) is 11.3. The molecule has 18 heavy (non-hydrogen) atoms. The molecule has 0 radical (unpaired) electrons. The van der Waals surface area contributed by atoms with Gasteiger partial charge in [0.15, 0.2) is 0 Å². The molecule has 1 aromatic heterocycles. The average molecular weight is 248 g/mol. The fourth-order valence-corrected chi connectivity index (χ4v) is 1.89. The minimum Gasteiger partial charge on any atom is -0.478 e. The van der Waals surface area contributed by atoms with Crippen LogP contribution in [-0.2, 0) is 6.54 Å². The van der Waals surface area contributed by atoms with E-state index in [2.05, 4.69) is 29.4 Å². The Labute approximate surface area is 110 Å². The molecule has 0 amide bonds. The van der Waals surface area contributed by atoms with Crippen LogP contribution in [0.15, 0.2) is 18.3 Å². The quantitative estimate of drug-likeness (QED) is 0.681. The van der Waals surface area contributed by atoms with Gasteiger partial charge in [0.05, 0.1) is 6.61 Å². The van der Waals surface area contributed by atoms with Crippen LogP contribution in [0.2, 0.25) is 0 Å². The Morgan fingerprint density at radius 2 is 2.22 bits per heavy atom. The molecule has 0 aromatic carbocycles. The molecular formula is C15H24N2O. The Bertz CT molecular complexity index is 350. The third-order valence-electron chi connectivity index (χ3n) is 3.22. The fraction of sp³-hybridized carbons (Fsp3) is 0.667. The lowest BCUT2D eigenvalue weighted by molar-refractivity contribution is 0.293. The summed E-state index contributed by atoms with van der Waals surface area (Å²) in [5, 5.41) is 3.50. The van der Waals surface area contributed by atoms with Crippen molar-refractivity contribution in [2.24, 2.45) is 0 Å². The zero-order chi connectivity index (χ0) is 12.6. The molecule has 1 aromatic rings. The Morgan fingerprint density at radius 3 is 3.00 bits per heavy atom. The molecule has 100 valence electrons. The normalized spacial score (nSPS) is 14.7. The first-order valence-electron chi connectivity index (χ1n) is 7.19. The van der Waals surface area contributed by atoms with Gasteiger partial charge in [0.1, 0.15) is 0 Å². The van der Waals surface area contributed by atoms with Gasteiger partial charge in [0, 0.05) is 24.8 Å². The molecule has 2 rings (SSSR count). The number of rotatable bonds is 9. The van der Waals surface area contributed by atoms with Crippen molar-refractivity contribution in [1.29, 1.82) is 0 Å². The van der Waals surface area contributed by atoms with Crippen LogP contribution in [-0.4, -0.2) is 17.6 Å². The summed E-state index contributed by atoms with van der Waals surface area (Å²) in [4.78, 5) is 4.25. The van der Waals surface area contributed by atoms with E-state index in [0.717, 1.165) is 31.5 Å². The molecule has 3 heteroatoms. The maximum absolute atomic E-state index is 5.68. The van der Waals surface area contributed by atoms with E-state index in [-0.39, 0.29) is 0 Å². The van der Waals surface area contributed by atoms with Gasteiger partial charge in [-0.2, -0.15) is 0 Å². The highest BCUT2D eigenvalue weighted by Crippen LogP contribution is 2.19. The number of hydrogen-bond acceptors (Lipinski definition) is 3. The smallest absolute Gasteiger partial charge is 0.213 e. The Hall–Kier alpha value is -1.09. The molecule has 0 spiro atoms. The van der Waals surface area contributed by atoms with Gasteiger partial charge in [0.2, 0.25) is 5.88 Å². The van der Waals surface area contributed by atoms with Crippen molar-refractivity contribution in [3.8, 4) is 5.88 Å². The lowest BCUT2D eigenvalue weighted by atomic mass is 10.2. The first kappa shape index (κ1) is 13.3. The van der Waals surface area contributed by atoms with Gasteiger partial charge >= 0.3 is 0 Å². The van der Waals surface area contributed by atoms with E-state index in [1.807, 2.05) is 6.20 Å². The Kier molecular flexibility index (Phi) is 5.46.